The van der Waals surface area contributed by atoms with Crippen LogP contribution in [0.25, 0.3) is 0 Å². The third kappa shape index (κ3) is 4.59. The van der Waals surface area contributed by atoms with Gasteiger partial charge in [-0.05, 0) is 31.0 Å². The van der Waals surface area contributed by atoms with Crippen LogP contribution in [-0.4, -0.2) is 24.4 Å². The molecule has 0 saturated carbocycles. The monoisotopic (exact) mass is 341 g/mol. The van der Waals surface area contributed by atoms with Gasteiger partial charge in [-0.1, -0.05) is 24.6 Å². The van der Waals surface area contributed by atoms with Crippen molar-refractivity contribution in [1.29, 1.82) is 0 Å². The molecule has 1 unspecified atom stereocenters. The minimum Gasteiger partial charge on any atom is -0.493 e. The standard InChI is InChI=1S/C16H23N3O3.ClH/c1-5-8-16(2,17)15-18-14(19-22-15)10-11-6-7-12(20-3)13(9-11)21-4;/h6-7,9H,5,8,10,17H2,1-4H3;1H. The van der Waals surface area contributed by atoms with E-state index in [9.17, 15) is 0 Å². The lowest BCUT2D eigenvalue weighted by Crippen LogP contribution is -2.33. The average Bonchev–Trinajstić information content (AvgIpc) is 2.96. The fourth-order valence-corrected chi connectivity index (χ4v) is 2.36. The molecule has 128 valence electrons. The average molecular weight is 342 g/mol. The van der Waals surface area contributed by atoms with E-state index in [2.05, 4.69) is 17.1 Å². The Kier molecular flexibility index (Phi) is 6.84. The first-order valence-electron chi connectivity index (χ1n) is 7.33. The molecule has 7 heteroatoms. The minimum absolute atomic E-state index is 0. The number of nitrogens with two attached hydrogens (primary N) is 1. The van der Waals surface area contributed by atoms with Crippen LogP contribution < -0.4 is 15.2 Å². The molecule has 0 saturated heterocycles. The predicted octanol–water partition coefficient (Wildman–Crippen LogP) is 3.07. The maximum absolute atomic E-state index is 6.21. The smallest absolute Gasteiger partial charge is 0.246 e. The first kappa shape index (κ1) is 19.3. The summed E-state index contributed by atoms with van der Waals surface area (Å²) in [6, 6.07) is 5.72. The summed E-state index contributed by atoms with van der Waals surface area (Å²) in [6.07, 6.45) is 2.30. The quantitative estimate of drug-likeness (QED) is 0.833. The molecule has 0 aliphatic rings. The summed E-state index contributed by atoms with van der Waals surface area (Å²) in [5.74, 6) is 2.45. The van der Waals surface area contributed by atoms with E-state index in [0.29, 0.717) is 29.6 Å². The van der Waals surface area contributed by atoms with E-state index in [-0.39, 0.29) is 12.4 Å². The number of hydrogen-bond acceptors (Lipinski definition) is 6. The second-order valence-corrected chi connectivity index (χ2v) is 5.55. The summed E-state index contributed by atoms with van der Waals surface area (Å²) in [7, 11) is 3.22. The topological polar surface area (TPSA) is 83.4 Å². The zero-order valence-electron chi connectivity index (χ0n) is 14.0. The molecule has 2 rings (SSSR count). The van der Waals surface area contributed by atoms with E-state index in [0.717, 1.165) is 18.4 Å². The van der Waals surface area contributed by atoms with Crippen LogP contribution in [0, 0.1) is 0 Å². The molecule has 0 amide bonds. The van der Waals surface area contributed by atoms with E-state index in [1.807, 2.05) is 25.1 Å². The lowest BCUT2D eigenvalue weighted by molar-refractivity contribution is 0.282. The second kappa shape index (κ2) is 8.17. The van der Waals surface area contributed by atoms with Gasteiger partial charge in [-0.3, -0.25) is 0 Å². The van der Waals surface area contributed by atoms with Gasteiger partial charge in [0.15, 0.2) is 17.3 Å². The number of methoxy groups -OCH3 is 2. The molecule has 23 heavy (non-hydrogen) atoms. The summed E-state index contributed by atoms with van der Waals surface area (Å²) in [5, 5.41) is 4.02. The number of rotatable bonds is 7. The van der Waals surface area contributed by atoms with Gasteiger partial charge in [-0.15, -0.1) is 12.4 Å². The number of hydrogen-bond donors (Lipinski definition) is 1. The first-order valence-corrected chi connectivity index (χ1v) is 7.33. The van der Waals surface area contributed by atoms with Crippen molar-refractivity contribution in [3.05, 3.63) is 35.5 Å². The van der Waals surface area contributed by atoms with Crippen molar-refractivity contribution in [2.24, 2.45) is 5.73 Å². The van der Waals surface area contributed by atoms with Crippen molar-refractivity contribution in [3.63, 3.8) is 0 Å². The van der Waals surface area contributed by atoms with E-state index in [1.165, 1.54) is 0 Å². The molecule has 0 radical (unpaired) electrons. The van der Waals surface area contributed by atoms with Crippen LogP contribution in [0.2, 0.25) is 0 Å². The van der Waals surface area contributed by atoms with Crippen molar-refractivity contribution in [2.45, 2.75) is 38.6 Å². The number of benzene rings is 1. The highest BCUT2D eigenvalue weighted by Gasteiger charge is 2.27. The SMILES string of the molecule is CCCC(C)(N)c1nc(Cc2ccc(OC)c(OC)c2)no1.Cl. The molecule has 1 aromatic carbocycles. The van der Waals surface area contributed by atoms with Gasteiger partial charge in [-0.2, -0.15) is 4.98 Å². The molecule has 2 aromatic rings. The molecule has 6 nitrogen and oxygen atoms in total. The molecular weight excluding hydrogens is 318 g/mol. The number of nitrogens with zero attached hydrogens (tertiary/aromatic N) is 2. The van der Waals surface area contributed by atoms with Gasteiger partial charge < -0.3 is 19.7 Å². The van der Waals surface area contributed by atoms with Gasteiger partial charge in [0, 0.05) is 6.42 Å². The Hall–Kier alpha value is -1.79. The Morgan fingerprint density at radius 2 is 1.91 bits per heavy atom. The highest BCUT2D eigenvalue weighted by molar-refractivity contribution is 5.85. The normalized spacial score (nSPS) is 13.1. The van der Waals surface area contributed by atoms with E-state index >= 15 is 0 Å². The van der Waals surface area contributed by atoms with Crippen LogP contribution in [0.15, 0.2) is 22.7 Å². The molecule has 2 N–H and O–H groups in total. The lowest BCUT2D eigenvalue weighted by atomic mass is 9.98. The van der Waals surface area contributed by atoms with Crippen molar-refractivity contribution in [1.82, 2.24) is 10.1 Å². The molecule has 0 bridgehead atoms. The van der Waals surface area contributed by atoms with Crippen LogP contribution in [0.5, 0.6) is 11.5 Å². The summed E-state index contributed by atoms with van der Waals surface area (Å²) >= 11 is 0. The lowest BCUT2D eigenvalue weighted by Gasteiger charge is -2.18. The minimum atomic E-state index is -0.586. The van der Waals surface area contributed by atoms with E-state index in [4.69, 9.17) is 19.7 Å². The maximum atomic E-state index is 6.21. The molecule has 0 aliphatic heterocycles. The van der Waals surface area contributed by atoms with Crippen LogP contribution in [0.3, 0.4) is 0 Å². The summed E-state index contributed by atoms with van der Waals surface area (Å²) in [4.78, 5) is 4.42. The second-order valence-electron chi connectivity index (χ2n) is 5.55. The number of halogens is 1. The van der Waals surface area contributed by atoms with Gasteiger partial charge in [0.05, 0.1) is 19.8 Å². The zero-order valence-corrected chi connectivity index (χ0v) is 14.8. The molecule has 0 fully saturated rings. The van der Waals surface area contributed by atoms with E-state index < -0.39 is 5.54 Å². The van der Waals surface area contributed by atoms with Crippen LogP contribution in [-0.2, 0) is 12.0 Å². The molecule has 1 heterocycles. The molecule has 0 aliphatic carbocycles. The van der Waals surface area contributed by atoms with Crippen molar-refractivity contribution < 1.29 is 14.0 Å². The van der Waals surface area contributed by atoms with Crippen LogP contribution >= 0.6 is 12.4 Å². The molecular formula is C16H24ClN3O3. The summed E-state index contributed by atoms with van der Waals surface area (Å²) in [6.45, 7) is 3.98. The third-order valence-electron chi connectivity index (χ3n) is 3.54. The predicted molar refractivity (Wildman–Crippen MR) is 90.3 cm³/mol. The van der Waals surface area contributed by atoms with Crippen molar-refractivity contribution in [2.75, 3.05) is 14.2 Å². The Bertz CT molecular complexity index is 629. The fourth-order valence-electron chi connectivity index (χ4n) is 2.36. The highest BCUT2D eigenvalue weighted by atomic mass is 35.5. The van der Waals surface area contributed by atoms with E-state index in [1.54, 1.807) is 14.2 Å². The number of aromatic nitrogens is 2. The summed E-state index contributed by atoms with van der Waals surface area (Å²) in [5.41, 5.74) is 6.63. The Morgan fingerprint density at radius 1 is 1.22 bits per heavy atom. The maximum Gasteiger partial charge on any atom is 0.246 e. The van der Waals surface area contributed by atoms with Gasteiger partial charge in [0.1, 0.15) is 0 Å². The largest absolute Gasteiger partial charge is 0.493 e. The Morgan fingerprint density at radius 3 is 2.52 bits per heavy atom. The van der Waals surface area contributed by atoms with Crippen LogP contribution in [0.1, 0.15) is 44.0 Å². The fraction of sp³-hybridized carbons (Fsp3) is 0.500. The van der Waals surface area contributed by atoms with Crippen molar-refractivity contribution >= 4 is 12.4 Å². The Labute approximate surface area is 142 Å². The number of ether oxygens (including phenoxy) is 2. The molecule has 1 atom stereocenters. The van der Waals surface area contributed by atoms with Gasteiger partial charge >= 0.3 is 0 Å². The third-order valence-corrected chi connectivity index (χ3v) is 3.54. The summed E-state index contributed by atoms with van der Waals surface area (Å²) < 4.78 is 15.8. The van der Waals surface area contributed by atoms with Crippen molar-refractivity contribution in [3.8, 4) is 11.5 Å². The van der Waals surface area contributed by atoms with Gasteiger partial charge in [0.25, 0.3) is 0 Å². The zero-order chi connectivity index (χ0) is 16.2. The first-order chi connectivity index (χ1) is 10.5. The Balaban J connectivity index is 0.00000264. The van der Waals surface area contributed by atoms with Gasteiger partial charge in [-0.25, -0.2) is 0 Å². The molecule has 0 spiro atoms. The highest BCUT2D eigenvalue weighted by Crippen LogP contribution is 2.28. The van der Waals surface area contributed by atoms with Crippen LogP contribution in [0.4, 0.5) is 0 Å². The molecule has 1 aromatic heterocycles. The van der Waals surface area contributed by atoms with Gasteiger partial charge in [0.2, 0.25) is 5.89 Å².